The number of fused-ring (bicyclic) bond motifs is 9. The smallest absolute Gasteiger partial charge is 0.0547 e. The largest absolute Gasteiger partial charge is 0.309 e. The van der Waals surface area contributed by atoms with Gasteiger partial charge in [0, 0.05) is 44.3 Å². The third-order valence-electron chi connectivity index (χ3n) is 11.8. The second-order valence-electron chi connectivity index (χ2n) is 14.7. The molecule has 2 heterocycles. The molecule has 2 aliphatic carbocycles. The highest BCUT2D eigenvalue weighted by molar-refractivity contribution is 6.12. The van der Waals surface area contributed by atoms with Gasteiger partial charge in [0.1, 0.15) is 0 Å². The fraction of sp³-hybridized carbons (Fsp3) is 0.0588. The van der Waals surface area contributed by atoms with Gasteiger partial charge >= 0.3 is 0 Å². The molecule has 0 saturated carbocycles. The van der Waals surface area contributed by atoms with Gasteiger partial charge in [-0.3, -0.25) is 0 Å². The highest BCUT2D eigenvalue weighted by atomic mass is 15.0. The molecular weight excluding hydrogens is 641 g/mol. The summed E-state index contributed by atoms with van der Waals surface area (Å²) in [5.74, 6) is 0.209. The average Bonchev–Trinajstić information content (AvgIpc) is 3.72. The van der Waals surface area contributed by atoms with Crippen LogP contribution in [0.15, 0.2) is 188 Å². The molecule has 2 aromatic heterocycles. The minimum absolute atomic E-state index is 0.202. The maximum Gasteiger partial charge on any atom is 0.0547 e. The first-order chi connectivity index (χ1) is 26.2. The zero-order valence-corrected chi connectivity index (χ0v) is 29.4. The number of allylic oxidation sites excluding steroid dienone is 5. The van der Waals surface area contributed by atoms with Crippen molar-refractivity contribution in [3.63, 3.8) is 0 Å². The predicted molar refractivity (Wildman–Crippen MR) is 224 cm³/mol. The van der Waals surface area contributed by atoms with Crippen LogP contribution in [-0.4, -0.2) is 9.13 Å². The normalized spacial score (nSPS) is 17.8. The lowest BCUT2D eigenvalue weighted by molar-refractivity contribution is 0.499. The molecule has 53 heavy (non-hydrogen) atoms. The summed E-state index contributed by atoms with van der Waals surface area (Å²) in [6, 6.07) is 60.1. The van der Waals surface area contributed by atoms with Gasteiger partial charge in [0.2, 0.25) is 0 Å². The van der Waals surface area contributed by atoms with Crippen LogP contribution in [0.5, 0.6) is 0 Å². The molecule has 2 unspecified atom stereocenters. The quantitative estimate of drug-likeness (QED) is 0.176. The Balaban J connectivity index is 1.13. The summed E-state index contributed by atoms with van der Waals surface area (Å²) < 4.78 is 4.84. The van der Waals surface area contributed by atoms with Gasteiger partial charge in [-0.05, 0) is 100 Å². The van der Waals surface area contributed by atoms with Crippen LogP contribution in [0, 0.1) is 5.41 Å². The van der Waals surface area contributed by atoms with Crippen molar-refractivity contribution in [3.8, 4) is 22.5 Å². The number of para-hydroxylation sites is 3. The van der Waals surface area contributed by atoms with Crippen LogP contribution in [0.2, 0.25) is 0 Å². The van der Waals surface area contributed by atoms with Crippen LogP contribution in [0.4, 0.5) is 0 Å². The van der Waals surface area contributed by atoms with Crippen molar-refractivity contribution in [1.29, 1.82) is 0 Å². The second-order valence-corrected chi connectivity index (χ2v) is 14.7. The maximum atomic E-state index is 2.48. The minimum Gasteiger partial charge on any atom is -0.309 e. The lowest BCUT2D eigenvalue weighted by Gasteiger charge is -2.42. The molecule has 2 aliphatic rings. The zero-order valence-electron chi connectivity index (χ0n) is 29.4. The second kappa shape index (κ2) is 11.4. The summed E-state index contributed by atoms with van der Waals surface area (Å²) in [5.41, 5.74) is 14.8. The van der Waals surface area contributed by atoms with E-state index in [1.54, 1.807) is 0 Å². The molecule has 250 valence electrons. The summed E-state index contributed by atoms with van der Waals surface area (Å²) in [6.45, 7) is 2.42. The van der Waals surface area contributed by atoms with E-state index in [0.29, 0.717) is 0 Å². The molecule has 0 saturated heterocycles. The highest BCUT2D eigenvalue weighted by Crippen LogP contribution is 2.56. The van der Waals surface area contributed by atoms with E-state index >= 15 is 0 Å². The molecule has 11 rings (SSSR count). The van der Waals surface area contributed by atoms with Gasteiger partial charge in [-0.1, -0.05) is 134 Å². The van der Waals surface area contributed by atoms with E-state index in [9.17, 15) is 0 Å². The summed E-state index contributed by atoms with van der Waals surface area (Å²) in [5, 5.41) is 5.13. The van der Waals surface area contributed by atoms with Gasteiger partial charge in [-0.2, -0.15) is 0 Å². The Bertz CT molecular complexity index is 2990. The van der Waals surface area contributed by atoms with E-state index in [0.717, 1.165) is 0 Å². The van der Waals surface area contributed by atoms with E-state index < -0.39 is 0 Å². The Labute approximate surface area is 308 Å². The molecule has 0 N–H and O–H groups in total. The average molecular weight is 677 g/mol. The Morgan fingerprint density at radius 2 is 1.02 bits per heavy atom. The fourth-order valence-electron chi connectivity index (χ4n) is 9.27. The summed E-state index contributed by atoms with van der Waals surface area (Å²) in [7, 11) is 0. The third kappa shape index (κ3) is 4.45. The number of nitrogens with zero attached hydrogens (tertiary/aromatic N) is 2. The van der Waals surface area contributed by atoms with E-state index in [4.69, 9.17) is 0 Å². The highest BCUT2D eigenvalue weighted by Gasteiger charge is 2.41. The molecule has 0 radical (unpaired) electrons. The molecule has 0 fully saturated rings. The molecule has 2 nitrogen and oxygen atoms in total. The Kier molecular flexibility index (Phi) is 6.48. The van der Waals surface area contributed by atoms with Gasteiger partial charge in [-0.15, -0.1) is 0 Å². The Morgan fingerprint density at radius 3 is 1.75 bits per heavy atom. The molecular formula is C51H36N2. The number of aromatic nitrogens is 2. The summed E-state index contributed by atoms with van der Waals surface area (Å²) in [6.07, 6.45) is 11.8. The first-order valence-electron chi connectivity index (χ1n) is 18.6. The standard InChI is InChI=1S/C51H36N2/c1-51-29-13-12-20-45(51)42-33-44-41-19-9-11-22-48(41)53(39-26-23-35(24-27-39)34-14-4-2-5-15-34)50(44)32-37(42)31-46(51)36-25-28-49-43(30-36)40-18-8-10-21-47(40)52(49)38-16-6-3-7-17-38/h2-33,45H,1H3. The predicted octanol–water partition coefficient (Wildman–Crippen LogP) is 13.3. The summed E-state index contributed by atoms with van der Waals surface area (Å²) >= 11 is 0. The first-order valence-corrected chi connectivity index (χ1v) is 18.6. The summed E-state index contributed by atoms with van der Waals surface area (Å²) in [4.78, 5) is 0. The van der Waals surface area contributed by atoms with Crippen molar-refractivity contribution >= 4 is 55.3 Å². The van der Waals surface area contributed by atoms with Crippen molar-refractivity contribution in [2.75, 3.05) is 0 Å². The molecule has 2 atom stereocenters. The number of hydrogen-bond donors (Lipinski definition) is 0. The fourth-order valence-corrected chi connectivity index (χ4v) is 9.27. The van der Waals surface area contributed by atoms with Crippen molar-refractivity contribution < 1.29 is 0 Å². The number of rotatable bonds is 4. The monoisotopic (exact) mass is 676 g/mol. The Morgan fingerprint density at radius 1 is 0.453 bits per heavy atom. The van der Waals surface area contributed by atoms with Gasteiger partial charge < -0.3 is 9.13 Å². The first kappa shape index (κ1) is 30.0. The molecule has 2 heteroatoms. The van der Waals surface area contributed by atoms with Crippen LogP contribution in [0.3, 0.4) is 0 Å². The van der Waals surface area contributed by atoms with Crippen LogP contribution >= 0.6 is 0 Å². The van der Waals surface area contributed by atoms with Gasteiger partial charge in [0.25, 0.3) is 0 Å². The van der Waals surface area contributed by atoms with Gasteiger partial charge in [-0.25, -0.2) is 0 Å². The zero-order chi connectivity index (χ0) is 35.1. The van der Waals surface area contributed by atoms with Crippen molar-refractivity contribution in [2.24, 2.45) is 5.41 Å². The molecule has 9 aromatic rings. The van der Waals surface area contributed by atoms with Gasteiger partial charge in [0.15, 0.2) is 0 Å². The number of hydrogen-bond acceptors (Lipinski definition) is 0. The SMILES string of the molecule is CC12C=CC=CC1c1cc3c4ccccc4n(-c4ccc(-c5ccccc5)cc4)c3cc1C=C2c1ccc2c(c1)c1ccccc1n2-c1ccccc1. The minimum atomic E-state index is -0.202. The molecule has 7 aromatic carbocycles. The van der Waals surface area contributed by atoms with E-state index in [1.165, 1.54) is 88.4 Å². The van der Waals surface area contributed by atoms with Crippen LogP contribution in [0.1, 0.15) is 29.5 Å². The van der Waals surface area contributed by atoms with Crippen molar-refractivity contribution in [2.45, 2.75) is 12.8 Å². The van der Waals surface area contributed by atoms with Crippen LogP contribution < -0.4 is 0 Å². The van der Waals surface area contributed by atoms with Gasteiger partial charge in [0.05, 0.1) is 22.1 Å². The molecule has 0 amide bonds. The Hall–Kier alpha value is -6.64. The molecule has 0 spiro atoms. The topological polar surface area (TPSA) is 9.86 Å². The lowest BCUT2D eigenvalue weighted by atomic mass is 9.61. The van der Waals surface area contributed by atoms with Crippen molar-refractivity contribution in [3.05, 3.63) is 205 Å². The molecule has 0 aliphatic heterocycles. The maximum absolute atomic E-state index is 2.48. The van der Waals surface area contributed by atoms with E-state index in [2.05, 4.69) is 210 Å². The number of benzene rings is 7. The molecule has 0 bridgehead atoms. The van der Waals surface area contributed by atoms with Crippen molar-refractivity contribution in [1.82, 2.24) is 9.13 Å². The van der Waals surface area contributed by atoms with Crippen LogP contribution in [-0.2, 0) is 0 Å². The van der Waals surface area contributed by atoms with E-state index in [1.807, 2.05) is 0 Å². The van der Waals surface area contributed by atoms with Crippen LogP contribution in [0.25, 0.3) is 77.8 Å². The third-order valence-corrected chi connectivity index (χ3v) is 11.8. The van der Waals surface area contributed by atoms with E-state index in [-0.39, 0.29) is 11.3 Å². The lowest BCUT2D eigenvalue weighted by Crippen LogP contribution is -2.28.